The first kappa shape index (κ1) is 16.8. The zero-order valence-electron chi connectivity index (χ0n) is 14.3. The van der Waals surface area contributed by atoms with Crippen molar-refractivity contribution in [2.24, 2.45) is 0 Å². The molecule has 22 heavy (non-hydrogen) atoms. The van der Waals surface area contributed by atoms with E-state index in [-0.39, 0.29) is 0 Å². The molecule has 0 aliphatic rings. The minimum Gasteiger partial charge on any atom is -0.234 e. The highest BCUT2D eigenvalue weighted by Gasteiger charge is 2.13. The highest BCUT2D eigenvalue weighted by atomic mass is 15.1. The van der Waals surface area contributed by atoms with E-state index in [4.69, 9.17) is 0 Å². The van der Waals surface area contributed by atoms with E-state index in [1.807, 2.05) is 0 Å². The van der Waals surface area contributed by atoms with Gasteiger partial charge in [-0.05, 0) is 25.0 Å². The molecule has 0 amide bonds. The molecule has 2 aromatic rings. The van der Waals surface area contributed by atoms with Gasteiger partial charge in [0.25, 0.3) is 5.82 Å². The number of para-hydroxylation sites is 1. The lowest BCUT2D eigenvalue weighted by atomic mass is 10.1. The van der Waals surface area contributed by atoms with Crippen LogP contribution in [0.5, 0.6) is 0 Å². The first-order chi connectivity index (χ1) is 10.8. The van der Waals surface area contributed by atoms with Crippen molar-refractivity contribution in [2.45, 2.75) is 71.8 Å². The summed E-state index contributed by atoms with van der Waals surface area (Å²) in [6.07, 6.45) is 15.4. The summed E-state index contributed by atoms with van der Waals surface area (Å²) in [5.74, 6) is 1.31. The molecule has 0 aliphatic carbocycles. The van der Waals surface area contributed by atoms with Crippen LogP contribution in [0.1, 0.15) is 64.1 Å². The van der Waals surface area contributed by atoms with Gasteiger partial charge in [-0.25, -0.2) is 9.13 Å². The van der Waals surface area contributed by atoms with Crippen molar-refractivity contribution in [3.05, 3.63) is 48.5 Å². The van der Waals surface area contributed by atoms with Crippen LogP contribution in [0.25, 0.3) is 5.69 Å². The molecule has 0 radical (unpaired) electrons. The second-order valence-corrected chi connectivity index (χ2v) is 6.22. The Bertz CT molecular complexity index is 528. The molecule has 2 rings (SSSR count). The van der Waals surface area contributed by atoms with E-state index < -0.39 is 0 Å². The van der Waals surface area contributed by atoms with Gasteiger partial charge >= 0.3 is 0 Å². The van der Waals surface area contributed by atoms with E-state index >= 15 is 0 Å². The number of aryl methyl sites for hydroxylation is 1. The van der Waals surface area contributed by atoms with Gasteiger partial charge in [-0.3, -0.25) is 0 Å². The van der Waals surface area contributed by atoms with Crippen molar-refractivity contribution in [3.63, 3.8) is 0 Å². The third-order valence-electron chi connectivity index (χ3n) is 4.45. The van der Waals surface area contributed by atoms with Gasteiger partial charge in [0.15, 0.2) is 0 Å². The molecule has 2 heteroatoms. The van der Waals surface area contributed by atoms with E-state index in [1.165, 1.54) is 62.9 Å². The van der Waals surface area contributed by atoms with Crippen LogP contribution in [-0.2, 0) is 6.54 Å². The number of benzene rings is 1. The van der Waals surface area contributed by atoms with Gasteiger partial charge in [0.1, 0.15) is 18.1 Å². The lowest BCUT2D eigenvalue weighted by Gasteiger charge is -2.02. The topological polar surface area (TPSA) is 8.81 Å². The van der Waals surface area contributed by atoms with Gasteiger partial charge in [0.2, 0.25) is 0 Å². The van der Waals surface area contributed by atoms with Crippen molar-refractivity contribution >= 4 is 0 Å². The van der Waals surface area contributed by atoms with E-state index in [0.29, 0.717) is 0 Å². The third-order valence-corrected chi connectivity index (χ3v) is 4.45. The van der Waals surface area contributed by atoms with Crippen molar-refractivity contribution in [1.82, 2.24) is 4.57 Å². The molecule has 0 bridgehead atoms. The van der Waals surface area contributed by atoms with Crippen LogP contribution < -0.4 is 4.57 Å². The smallest absolute Gasteiger partial charge is 0.234 e. The van der Waals surface area contributed by atoms with Crippen molar-refractivity contribution in [1.29, 1.82) is 0 Å². The molecular formula is C20H31N2+. The SMILES string of the molecule is CCCCCCCCCC[n+]1ccn(-c2ccccc2)c1C. The summed E-state index contributed by atoms with van der Waals surface area (Å²) in [7, 11) is 0. The lowest BCUT2D eigenvalue weighted by Crippen LogP contribution is -2.35. The molecule has 0 fully saturated rings. The summed E-state index contributed by atoms with van der Waals surface area (Å²) in [5.41, 5.74) is 1.25. The zero-order valence-corrected chi connectivity index (χ0v) is 14.3. The number of hydrogen-bond acceptors (Lipinski definition) is 0. The molecule has 0 saturated heterocycles. The van der Waals surface area contributed by atoms with Crippen LogP contribution in [0.4, 0.5) is 0 Å². The minimum absolute atomic E-state index is 1.14. The summed E-state index contributed by atoms with van der Waals surface area (Å²) in [4.78, 5) is 0. The second kappa shape index (κ2) is 9.45. The Morgan fingerprint density at radius 3 is 2.18 bits per heavy atom. The molecule has 0 aliphatic heterocycles. The van der Waals surface area contributed by atoms with E-state index in [9.17, 15) is 0 Å². The van der Waals surface area contributed by atoms with Gasteiger partial charge in [0, 0.05) is 6.92 Å². The Hall–Kier alpha value is -1.57. The van der Waals surface area contributed by atoms with Crippen LogP contribution in [0.15, 0.2) is 42.7 Å². The van der Waals surface area contributed by atoms with Crippen molar-refractivity contribution in [2.75, 3.05) is 0 Å². The van der Waals surface area contributed by atoms with Crippen LogP contribution >= 0.6 is 0 Å². The predicted molar refractivity (Wildman–Crippen MR) is 93.3 cm³/mol. The average molecular weight is 299 g/mol. The standard InChI is InChI=1S/C20H31N2/c1-3-4-5-6-7-8-9-13-16-21-17-18-22(19(21)2)20-14-11-10-12-15-20/h10-12,14-15,17-18H,3-9,13,16H2,1-2H3/q+1. The molecule has 1 aromatic carbocycles. The molecule has 0 saturated carbocycles. The van der Waals surface area contributed by atoms with Crippen LogP contribution in [0, 0.1) is 6.92 Å². The molecule has 120 valence electrons. The monoisotopic (exact) mass is 299 g/mol. The number of aromatic nitrogens is 2. The van der Waals surface area contributed by atoms with Crippen LogP contribution in [0.3, 0.4) is 0 Å². The first-order valence-electron chi connectivity index (χ1n) is 8.95. The molecule has 0 spiro atoms. The van der Waals surface area contributed by atoms with Gasteiger partial charge in [-0.1, -0.05) is 63.6 Å². The Balaban J connectivity index is 1.72. The number of unbranched alkanes of at least 4 members (excludes halogenated alkanes) is 7. The summed E-state index contributed by atoms with van der Waals surface area (Å²) >= 11 is 0. The fourth-order valence-electron chi connectivity index (χ4n) is 3.02. The summed E-state index contributed by atoms with van der Waals surface area (Å²) in [6.45, 7) is 5.62. The normalized spacial score (nSPS) is 11.0. The minimum atomic E-state index is 1.14. The highest BCUT2D eigenvalue weighted by Crippen LogP contribution is 2.10. The largest absolute Gasteiger partial charge is 0.258 e. The maximum absolute atomic E-state index is 2.38. The first-order valence-corrected chi connectivity index (χ1v) is 8.95. The van der Waals surface area contributed by atoms with Crippen molar-refractivity contribution < 1.29 is 4.57 Å². The summed E-state index contributed by atoms with van der Waals surface area (Å²) < 4.78 is 4.65. The maximum atomic E-state index is 2.38. The summed E-state index contributed by atoms with van der Waals surface area (Å²) in [5, 5.41) is 0. The molecule has 0 N–H and O–H groups in total. The Morgan fingerprint density at radius 1 is 0.864 bits per heavy atom. The third kappa shape index (κ3) is 5.01. The van der Waals surface area contributed by atoms with E-state index in [0.717, 1.165) is 6.54 Å². The molecular weight excluding hydrogens is 268 g/mol. The Labute approximate surface area is 135 Å². The average Bonchev–Trinajstić information content (AvgIpc) is 2.92. The fourth-order valence-corrected chi connectivity index (χ4v) is 3.02. The van der Waals surface area contributed by atoms with E-state index in [2.05, 4.69) is 65.7 Å². The molecule has 1 heterocycles. The maximum Gasteiger partial charge on any atom is 0.258 e. The van der Waals surface area contributed by atoms with E-state index in [1.54, 1.807) is 0 Å². The Kier molecular flexibility index (Phi) is 7.21. The van der Waals surface area contributed by atoms with Gasteiger partial charge in [0.05, 0.1) is 6.54 Å². The number of imidazole rings is 1. The van der Waals surface area contributed by atoms with Gasteiger partial charge in [-0.2, -0.15) is 0 Å². The number of rotatable bonds is 10. The molecule has 0 unspecified atom stereocenters. The highest BCUT2D eigenvalue weighted by molar-refractivity contribution is 5.31. The zero-order chi connectivity index (χ0) is 15.6. The summed E-state index contributed by atoms with van der Waals surface area (Å²) in [6, 6.07) is 10.6. The fraction of sp³-hybridized carbons (Fsp3) is 0.550. The molecule has 1 aromatic heterocycles. The van der Waals surface area contributed by atoms with Gasteiger partial charge < -0.3 is 0 Å². The lowest BCUT2D eigenvalue weighted by molar-refractivity contribution is -0.702. The molecule has 2 nitrogen and oxygen atoms in total. The number of hydrogen-bond donors (Lipinski definition) is 0. The molecule has 0 atom stereocenters. The second-order valence-electron chi connectivity index (χ2n) is 6.22. The van der Waals surface area contributed by atoms with Crippen molar-refractivity contribution in [3.8, 4) is 5.69 Å². The van der Waals surface area contributed by atoms with Crippen LogP contribution in [0.2, 0.25) is 0 Å². The quantitative estimate of drug-likeness (QED) is 0.420. The predicted octanol–water partition coefficient (Wildman–Crippen LogP) is 5.21. The van der Waals surface area contributed by atoms with Crippen LogP contribution in [-0.4, -0.2) is 4.57 Å². The van der Waals surface area contributed by atoms with Gasteiger partial charge in [-0.15, -0.1) is 0 Å². The number of nitrogens with zero attached hydrogens (tertiary/aromatic N) is 2. The Morgan fingerprint density at radius 2 is 1.50 bits per heavy atom.